The molecule has 1 atom stereocenters. The van der Waals surface area contributed by atoms with E-state index in [1.165, 1.54) is 0 Å². The first-order valence-corrected chi connectivity index (χ1v) is 6.40. The molecule has 2 rings (SSSR count). The lowest BCUT2D eigenvalue weighted by Gasteiger charge is -2.16. The molecule has 1 aromatic rings. The molecule has 1 fully saturated rings. The third-order valence-electron chi connectivity index (χ3n) is 3.12. The summed E-state index contributed by atoms with van der Waals surface area (Å²) in [6, 6.07) is 0. The number of aromatic nitrogens is 2. The van der Waals surface area contributed by atoms with Gasteiger partial charge in [-0.2, -0.15) is 0 Å². The van der Waals surface area contributed by atoms with Crippen LogP contribution in [0.1, 0.15) is 12.0 Å². The first-order valence-electron chi connectivity index (χ1n) is 6.40. The number of ether oxygens (including phenoxy) is 2. The second-order valence-electron chi connectivity index (χ2n) is 4.73. The summed E-state index contributed by atoms with van der Waals surface area (Å²) in [5.41, 5.74) is 1.09. The molecular formula is C13H21N3O2. The fourth-order valence-electron chi connectivity index (χ4n) is 2.09. The van der Waals surface area contributed by atoms with Crippen LogP contribution in [0.4, 0.5) is 5.95 Å². The van der Waals surface area contributed by atoms with Crippen LogP contribution in [0.5, 0.6) is 0 Å². The molecule has 1 saturated heterocycles. The Labute approximate surface area is 108 Å². The van der Waals surface area contributed by atoms with Crippen molar-refractivity contribution >= 4 is 5.95 Å². The largest absolute Gasteiger partial charge is 0.382 e. The van der Waals surface area contributed by atoms with E-state index in [0.717, 1.165) is 37.6 Å². The van der Waals surface area contributed by atoms with E-state index in [2.05, 4.69) is 14.9 Å². The molecule has 0 bridgehead atoms. The Morgan fingerprint density at radius 2 is 2.11 bits per heavy atom. The predicted octanol–water partition coefficient (Wildman–Crippen LogP) is 1.27. The summed E-state index contributed by atoms with van der Waals surface area (Å²) in [5.74, 6) is 1.41. The van der Waals surface area contributed by atoms with E-state index < -0.39 is 0 Å². The zero-order chi connectivity index (χ0) is 12.8. The molecule has 0 amide bonds. The number of nitrogens with zero attached hydrogens (tertiary/aromatic N) is 3. The summed E-state index contributed by atoms with van der Waals surface area (Å²) >= 11 is 0. The van der Waals surface area contributed by atoms with Crippen molar-refractivity contribution in [2.24, 2.45) is 5.92 Å². The quantitative estimate of drug-likeness (QED) is 0.713. The van der Waals surface area contributed by atoms with Gasteiger partial charge in [0, 0.05) is 38.5 Å². The van der Waals surface area contributed by atoms with Crippen molar-refractivity contribution in [1.29, 1.82) is 0 Å². The average Bonchev–Trinajstić information content (AvgIpc) is 2.84. The van der Waals surface area contributed by atoms with Crippen LogP contribution < -0.4 is 4.90 Å². The molecule has 0 saturated carbocycles. The second-order valence-corrected chi connectivity index (χ2v) is 4.73. The van der Waals surface area contributed by atoms with Crippen molar-refractivity contribution in [1.82, 2.24) is 9.97 Å². The number of anilines is 1. The average molecular weight is 251 g/mol. The molecule has 0 spiro atoms. The smallest absolute Gasteiger partial charge is 0.225 e. The fourth-order valence-corrected chi connectivity index (χ4v) is 2.09. The van der Waals surface area contributed by atoms with Gasteiger partial charge >= 0.3 is 0 Å². The Bertz CT molecular complexity index is 356. The number of aryl methyl sites for hydroxylation is 1. The normalized spacial score (nSPS) is 19.4. The highest BCUT2D eigenvalue weighted by molar-refractivity contribution is 5.31. The number of hydrogen-bond donors (Lipinski definition) is 0. The van der Waals surface area contributed by atoms with E-state index in [-0.39, 0.29) is 0 Å². The van der Waals surface area contributed by atoms with Gasteiger partial charge in [0.25, 0.3) is 0 Å². The van der Waals surface area contributed by atoms with Gasteiger partial charge in [-0.1, -0.05) is 0 Å². The van der Waals surface area contributed by atoms with Crippen molar-refractivity contribution in [2.45, 2.75) is 13.3 Å². The number of methoxy groups -OCH3 is 1. The third-order valence-corrected chi connectivity index (χ3v) is 3.12. The van der Waals surface area contributed by atoms with Crippen LogP contribution in [0, 0.1) is 12.8 Å². The Morgan fingerprint density at radius 1 is 1.33 bits per heavy atom. The van der Waals surface area contributed by atoms with E-state index in [1.807, 2.05) is 19.3 Å². The van der Waals surface area contributed by atoms with Crippen LogP contribution in [0.25, 0.3) is 0 Å². The lowest BCUT2D eigenvalue weighted by Crippen LogP contribution is -2.23. The lowest BCUT2D eigenvalue weighted by molar-refractivity contribution is 0.0549. The van der Waals surface area contributed by atoms with E-state index in [0.29, 0.717) is 19.1 Å². The Balaban J connectivity index is 1.76. The Morgan fingerprint density at radius 3 is 2.83 bits per heavy atom. The first-order chi connectivity index (χ1) is 8.79. The Kier molecular flexibility index (Phi) is 4.90. The third kappa shape index (κ3) is 3.65. The maximum Gasteiger partial charge on any atom is 0.225 e. The molecule has 0 aliphatic carbocycles. The van der Waals surface area contributed by atoms with Crippen LogP contribution in [-0.2, 0) is 9.47 Å². The molecule has 18 heavy (non-hydrogen) atoms. The highest BCUT2D eigenvalue weighted by Crippen LogP contribution is 2.20. The molecule has 0 aromatic carbocycles. The second kappa shape index (κ2) is 6.66. The van der Waals surface area contributed by atoms with Gasteiger partial charge in [-0.3, -0.25) is 0 Å². The molecule has 5 nitrogen and oxygen atoms in total. The number of hydrogen-bond acceptors (Lipinski definition) is 5. The van der Waals surface area contributed by atoms with Gasteiger partial charge in [0.1, 0.15) is 0 Å². The molecule has 5 heteroatoms. The van der Waals surface area contributed by atoms with Crippen molar-refractivity contribution < 1.29 is 9.47 Å². The van der Waals surface area contributed by atoms with Crippen LogP contribution in [0.2, 0.25) is 0 Å². The minimum absolute atomic E-state index is 0.576. The highest BCUT2D eigenvalue weighted by atomic mass is 16.5. The summed E-state index contributed by atoms with van der Waals surface area (Å²) in [4.78, 5) is 10.9. The molecule has 2 heterocycles. The predicted molar refractivity (Wildman–Crippen MR) is 69.8 cm³/mol. The SMILES string of the molecule is COCCOCC1CCN(c2ncc(C)cn2)C1. The summed E-state index contributed by atoms with van der Waals surface area (Å²) in [6.07, 6.45) is 4.87. The molecule has 1 aliphatic heterocycles. The van der Waals surface area contributed by atoms with Crippen LogP contribution in [-0.4, -0.2) is 50.0 Å². The molecule has 0 N–H and O–H groups in total. The number of rotatable bonds is 6. The summed E-state index contributed by atoms with van der Waals surface area (Å²) in [7, 11) is 1.69. The van der Waals surface area contributed by atoms with Crippen LogP contribution in [0.3, 0.4) is 0 Å². The van der Waals surface area contributed by atoms with E-state index >= 15 is 0 Å². The zero-order valence-corrected chi connectivity index (χ0v) is 11.1. The van der Waals surface area contributed by atoms with Crippen LogP contribution in [0.15, 0.2) is 12.4 Å². The van der Waals surface area contributed by atoms with Crippen LogP contribution >= 0.6 is 0 Å². The molecule has 0 radical (unpaired) electrons. The van der Waals surface area contributed by atoms with Gasteiger partial charge < -0.3 is 14.4 Å². The Hall–Kier alpha value is -1.20. The molecule has 1 unspecified atom stereocenters. The van der Waals surface area contributed by atoms with E-state index in [9.17, 15) is 0 Å². The maximum atomic E-state index is 5.57. The van der Waals surface area contributed by atoms with E-state index in [4.69, 9.17) is 9.47 Å². The van der Waals surface area contributed by atoms with E-state index in [1.54, 1.807) is 7.11 Å². The molecule has 1 aliphatic rings. The van der Waals surface area contributed by atoms with Crippen molar-refractivity contribution in [3.63, 3.8) is 0 Å². The van der Waals surface area contributed by atoms with Gasteiger partial charge in [0.2, 0.25) is 5.95 Å². The van der Waals surface area contributed by atoms with Crippen molar-refractivity contribution in [3.8, 4) is 0 Å². The fraction of sp³-hybridized carbons (Fsp3) is 0.692. The summed E-state index contributed by atoms with van der Waals surface area (Å²) < 4.78 is 10.5. The monoisotopic (exact) mass is 251 g/mol. The minimum atomic E-state index is 0.576. The maximum absolute atomic E-state index is 5.57. The molecular weight excluding hydrogens is 230 g/mol. The first kappa shape index (κ1) is 13.2. The standard InChI is InChI=1S/C13H21N3O2/c1-11-7-14-13(15-8-11)16-4-3-12(9-16)10-18-6-5-17-2/h7-8,12H,3-6,9-10H2,1-2H3. The topological polar surface area (TPSA) is 47.5 Å². The van der Waals surface area contributed by atoms with Gasteiger partial charge in [-0.25, -0.2) is 9.97 Å². The van der Waals surface area contributed by atoms with Crippen molar-refractivity contribution in [3.05, 3.63) is 18.0 Å². The van der Waals surface area contributed by atoms with Gasteiger partial charge in [-0.15, -0.1) is 0 Å². The van der Waals surface area contributed by atoms with Gasteiger partial charge in [0.05, 0.1) is 19.8 Å². The zero-order valence-electron chi connectivity index (χ0n) is 11.1. The highest BCUT2D eigenvalue weighted by Gasteiger charge is 2.24. The van der Waals surface area contributed by atoms with Crippen molar-refractivity contribution in [2.75, 3.05) is 44.9 Å². The summed E-state index contributed by atoms with van der Waals surface area (Å²) in [5, 5.41) is 0. The molecule has 100 valence electrons. The van der Waals surface area contributed by atoms with Gasteiger partial charge in [0.15, 0.2) is 0 Å². The molecule has 1 aromatic heterocycles. The lowest BCUT2D eigenvalue weighted by atomic mass is 10.1. The summed E-state index contributed by atoms with van der Waals surface area (Å²) in [6.45, 7) is 6.13. The minimum Gasteiger partial charge on any atom is -0.382 e. The van der Waals surface area contributed by atoms with Gasteiger partial charge in [-0.05, 0) is 18.9 Å².